The van der Waals surface area contributed by atoms with E-state index in [1.807, 2.05) is 0 Å². The van der Waals surface area contributed by atoms with E-state index in [0.29, 0.717) is 16.3 Å². The number of carbonyl (C=O) groups excluding carboxylic acids is 2. The molecule has 2 rings (SSSR count). The molecule has 28 heavy (non-hydrogen) atoms. The maximum atomic E-state index is 13.6. The number of quaternary nitrogens is 1. The standard InChI is InChI=1S/C19H20F3N3O3/c1-11(19(27)23-12-5-4-6-13(9-12)28-3)25(2)10-16(26)24-15-8-7-14(20)17(21)18(15)22/h4-9,11H,10H2,1-3H3,(H,23,27)(H,24,26)/p+1/t11-/m1/s1. The van der Waals surface area contributed by atoms with Gasteiger partial charge in [0.1, 0.15) is 5.75 Å². The molecule has 150 valence electrons. The number of ether oxygens (including phenoxy) is 1. The molecule has 2 aromatic carbocycles. The molecule has 0 heterocycles. The van der Waals surface area contributed by atoms with Gasteiger partial charge < -0.3 is 20.3 Å². The van der Waals surface area contributed by atoms with Gasteiger partial charge in [-0.15, -0.1) is 0 Å². The lowest BCUT2D eigenvalue weighted by Gasteiger charge is -2.20. The van der Waals surface area contributed by atoms with E-state index in [1.165, 1.54) is 7.11 Å². The van der Waals surface area contributed by atoms with E-state index in [2.05, 4.69) is 10.6 Å². The van der Waals surface area contributed by atoms with E-state index >= 15 is 0 Å². The van der Waals surface area contributed by atoms with Crippen molar-refractivity contribution >= 4 is 23.2 Å². The van der Waals surface area contributed by atoms with E-state index < -0.39 is 35.1 Å². The minimum Gasteiger partial charge on any atom is -0.497 e. The first-order valence-corrected chi connectivity index (χ1v) is 8.43. The zero-order valence-electron chi connectivity index (χ0n) is 15.6. The van der Waals surface area contributed by atoms with Gasteiger partial charge in [0.05, 0.1) is 19.8 Å². The molecule has 2 amide bonds. The maximum Gasteiger partial charge on any atom is 0.282 e. The highest BCUT2D eigenvalue weighted by Crippen LogP contribution is 2.19. The van der Waals surface area contributed by atoms with Gasteiger partial charge in [-0.3, -0.25) is 9.59 Å². The number of benzene rings is 2. The SMILES string of the molecule is COc1cccc(NC(=O)[C@@H](C)[NH+](C)CC(=O)Nc2ccc(F)c(F)c2F)c1. The van der Waals surface area contributed by atoms with Crippen molar-refractivity contribution in [3.8, 4) is 5.75 Å². The van der Waals surface area contributed by atoms with Crippen LogP contribution in [-0.2, 0) is 9.59 Å². The Morgan fingerprint density at radius 2 is 1.82 bits per heavy atom. The van der Waals surface area contributed by atoms with Gasteiger partial charge in [0.2, 0.25) is 0 Å². The van der Waals surface area contributed by atoms with Gasteiger partial charge in [-0.2, -0.15) is 0 Å². The van der Waals surface area contributed by atoms with Gasteiger partial charge in [0.15, 0.2) is 30.0 Å². The lowest BCUT2D eigenvalue weighted by Crippen LogP contribution is -3.14. The van der Waals surface area contributed by atoms with Crippen LogP contribution in [0.5, 0.6) is 5.75 Å². The molecule has 2 aromatic rings. The normalized spacial score (nSPS) is 12.8. The van der Waals surface area contributed by atoms with E-state index in [-0.39, 0.29) is 12.5 Å². The number of hydrogen-bond acceptors (Lipinski definition) is 3. The van der Waals surface area contributed by atoms with Crippen LogP contribution in [0.3, 0.4) is 0 Å². The second-order valence-corrected chi connectivity index (χ2v) is 6.24. The van der Waals surface area contributed by atoms with Crippen LogP contribution in [0.1, 0.15) is 6.92 Å². The van der Waals surface area contributed by atoms with Crippen LogP contribution in [0.4, 0.5) is 24.5 Å². The van der Waals surface area contributed by atoms with Crippen molar-refractivity contribution in [2.75, 3.05) is 31.3 Å². The molecule has 0 saturated carbocycles. The summed E-state index contributed by atoms with van der Waals surface area (Å²) in [4.78, 5) is 25.0. The highest BCUT2D eigenvalue weighted by molar-refractivity contribution is 5.94. The number of halogens is 3. The van der Waals surface area contributed by atoms with Crippen LogP contribution in [0.25, 0.3) is 0 Å². The third-order valence-electron chi connectivity index (χ3n) is 4.22. The molecule has 0 saturated heterocycles. The number of carbonyl (C=O) groups is 2. The number of methoxy groups -OCH3 is 1. The minimum absolute atomic E-state index is 0.189. The largest absolute Gasteiger partial charge is 0.497 e. The van der Waals surface area contributed by atoms with Crippen molar-refractivity contribution in [2.24, 2.45) is 0 Å². The number of hydrogen-bond donors (Lipinski definition) is 3. The third-order valence-corrected chi connectivity index (χ3v) is 4.22. The van der Waals surface area contributed by atoms with Crippen molar-refractivity contribution in [3.63, 3.8) is 0 Å². The molecular weight excluding hydrogens is 375 g/mol. The Hall–Kier alpha value is -3.07. The van der Waals surface area contributed by atoms with Crippen molar-refractivity contribution in [1.29, 1.82) is 0 Å². The summed E-state index contributed by atoms with van der Waals surface area (Å²) in [5.74, 6) is -4.89. The Bertz CT molecular complexity index is 877. The average Bonchev–Trinajstić information content (AvgIpc) is 2.67. The summed E-state index contributed by atoms with van der Waals surface area (Å²) < 4.78 is 44.9. The van der Waals surface area contributed by atoms with Gasteiger partial charge in [-0.05, 0) is 31.2 Å². The zero-order valence-corrected chi connectivity index (χ0v) is 15.6. The molecule has 0 aliphatic rings. The molecule has 0 radical (unpaired) electrons. The molecule has 0 aliphatic heterocycles. The first-order chi connectivity index (χ1) is 13.2. The van der Waals surface area contributed by atoms with Crippen molar-refractivity contribution in [3.05, 3.63) is 53.8 Å². The average molecular weight is 396 g/mol. The molecule has 0 bridgehead atoms. The van der Waals surface area contributed by atoms with Crippen LogP contribution in [0.15, 0.2) is 36.4 Å². The number of nitrogens with one attached hydrogen (secondary N) is 3. The predicted octanol–water partition coefficient (Wildman–Crippen LogP) is 1.59. The summed E-state index contributed by atoms with van der Waals surface area (Å²) in [6.45, 7) is 1.43. The summed E-state index contributed by atoms with van der Waals surface area (Å²) in [7, 11) is 3.12. The van der Waals surface area contributed by atoms with E-state index in [0.717, 1.165) is 12.1 Å². The first-order valence-electron chi connectivity index (χ1n) is 8.43. The maximum absolute atomic E-state index is 13.6. The fraction of sp³-hybridized carbons (Fsp3) is 0.263. The Kier molecular flexibility index (Phi) is 7.00. The first kappa shape index (κ1) is 21.2. The molecule has 6 nitrogen and oxygen atoms in total. The lowest BCUT2D eigenvalue weighted by molar-refractivity contribution is -0.885. The number of amides is 2. The molecule has 0 spiro atoms. The van der Waals surface area contributed by atoms with E-state index in [9.17, 15) is 22.8 Å². The second-order valence-electron chi connectivity index (χ2n) is 6.24. The fourth-order valence-corrected chi connectivity index (χ4v) is 2.40. The fourth-order valence-electron chi connectivity index (χ4n) is 2.40. The summed E-state index contributed by atoms with van der Waals surface area (Å²) in [6, 6.07) is 7.83. The van der Waals surface area contributed by atoms with Crippen molar-refractivity contribution in [1.82, 2.24) is 0 Å². The van der Waals surface area contributed by atoms with Crippen molar-refractivity contribution in [2.45, 2.75) is 13.0 Å². The van der Waals surface area contributed by atoms with Crippen molar-refractivity contribution < 1.29 is 32.4 Å². The highest BCUT2D eigenvalue weighted by Gasteiger charge is 2.25. The molecule has 3 N–H and O–H groups in total. The Labute approximate surface area is 160 Å². The quantitative estimate of drug-likeness (QED) is 0.623. The van der Waals surface area contributed by atoms with Gasteiger partial charge in [0.25, 0.3) is 11.8 Å². The molecule has 2 atom stereocenters. The van der Waals surface area contributed by atoms with E-state index in [1.54, 1.807) is 38.2 Å². The number of anilines is 2. The lowest BCUT2D eigenvalue weighted by atomic mass is 10.2. The zero-order chi connectivity index (χ0) is 20.8. The molecule has 1 unspecified atom stereocenters. The van der Waals surface area contributed by atoms with Gasteiger partial charge in [0, 0.05) is 11.8 Å². The summed E-state index contributed by atoms with van der Waals surface area (Å²) in [5.41, 5.74) is 0.0718. The van der Waals surface area contributed by atoms with Crippen LogP contribution in [0, 0.1) is 17.5 Å². The predicted molar refractivity (Wildman–Crippen MR) is 97.8 cm³/mol. The molecular formula is C19H21F3N3O3+. The Morgan fingerprint density at radius 3 is 2.50 bits per heavy atom. The topological polar surface area (TPSA) is 71.9 Å². The van der Waals surface area contributed by atoms with Gasteiger partial charge >= 0.3 is 0 Å². The molecule has 0 aromatic heterocycles. The summed E-state index contributed by atoms with van der Waals surface area (Å²) in [5, 5.41) is 4.90. The third kappa shape index (κ3) is 5.23. The smallest absolute Gasteiger partial charge is 0.282 e. The van der Waals surface area contributed by atoms with Crippen LogP contribution in [-0.4, -0.2) is 38.6 Å². The molecule has 0 aliphatic carbocycles. The summed E-state index contributed by atoms with van der Waals surface area (Å²) in [6.07, 6.45) is 0. The highest BCUT2D eigenvalue weighted by atomic mass is 19.2. The van der Waals surface area contributed by atoms with E-state index in [4.69, 9.17) is 4.74 Å². The Morgan fingerprint density at radius 1 is 1.11 bits per heavy atom. The molecule has 9 heteroatoms. The monoisotopic (exact) mass is 396 g/mol. The summed E-state index contributed by atoms with van der Waals surface area (Å²) >= 11 is 0. The number of rotatable bonds is 7. The van der Waals surface area contributed by atoms with Gasteiger partial charge in [-0.25, -0.2) is 13.2 Å². The van der Waals surface area contributed by atoms with Crippen LogP contribution >= 0.6 is 0 Å². The van der Waals surface area contributed by atoms with Gasteiger partial charge in [-0.1, -0.05) is 6.07 Å². The minimum atomic E-state index is -1.66. The Balaban J connectivity index is 1.95. The second kappa shape index (κ2) is 9.23. The van der Waals surface area contributed by atoms with Crippen LogP contribution < -0.4 is 20.3 Å². The van der Waals surface area contributed by atoms with Crippen LogP contribution in [0.2, 0.25) is 0 Å². The number of likely N-dealkylation sites (N-methyl/N-ethyl adjacent to an activating group) is 1. The molecule has 0 fully saturated rings.